The number of hydrogen-bond acceptors (Lipinski definition) is 3. The molecule has 5 heteroatoms. The van der Waals surface area contributed by atoms with Gasteiger partial charge in [-0.15, -0.1) is 24.8 Å². The van der Waals surface area contributed by atoms with Crippen molar-refractivity contribution in [3.63, 3.8) is 0 Å². The Hall–Kier alpha value is 0.460. The van der Waals surface area contributed by atoms with Crippen molar-refractivity contribution in [1.82, 2.24) is 10.2 Å². The second kappa shape index (κ2) is 6.58. The van der Waals surface area contributed by atoms with E-state index in [0.717, 1.165) is 18.9 Å². The minimum absolute atomic E-state index is 0. The number of rotatable bonds is 1. The van der Waals surface area contributed by atoms with Gasteiger partial charge >= 0.3 is 0 Å². The lowest BCUT2D eigenvalue weighted by Crippen LogP contribution is -2.53. The fraction of sp³-hybridized carbons (Fsp3) is 1.00. The lowest BCUT2D eigenvalue weighted by molar-refractivity contribution is 0.00266. The molecule has 3 fully saturated rings. The molecule has 17 heavy (non-hydrogen) atoms. The van der Waals surface area contributed by atoms with E-state index in [2.05, 4.69) is 10.2 Å². The third-order valence-corrected chi connectivity index (χ3v) is 4.50. The highest BCUT2D eigenvalue weighted by atomic mass is 35.5. The van der Waals surface area contributed by atoms with Crippen LogP contribution in [0.15, 0.2) is 0 Å². The zero-order valence-electron chi connectivity index (χ0n) is 10.2. The van der Waals surface area contributed by atoms with Crippen molar-refractivity contribution >= 4 is 24.8 Å². The molecule has 2 N–H and O–H groups in total. The first-order chi connectivity index (χ1) is 7.34. The lowest BCUT2D eigenvalue weighted by Gasteiger charge is -2.44. The summed E-state index contributed by atoms with van der Waals surface area (Å²) in [6.07, 6.45) is 7.31. The highest BCUT2D eigenvalue weighted by molar-refractivity contribution is 5.85. The number of piperidine rings is 2. The number of nitrogens with zero attached hydrogens (tertiary/aromatic N) is 1. The molecule has 3 nitrogen and oxygen atoms in total. The maximum absolute atomic E-state index is 9.77. The molecule has 0 radical (unpaired) electrons. The SMILES string of the molecule is Cl.Cl.OC1CC2CCC(C1)N2C1CCNCC1. The Bertz CT molecular complexity index is 223. The van der Waals surface area contributed by atoms with E-state index in [4.69, 9.17) is 0 Å². The van der Waals surface area contributed by atoms with Crippen molar-refractivity contribution in [2.75, 3.05) is 13.1 Å². The molecule has 3 aliphatic heterocycles. The topological polar surface area (TPSA) is 35.5 Å². The molecule has 0 spiro atoms. The van der Waals surface area contributed by atoms with Gasteiger partial charge in [0.05, 0.1) is 6.10 Å². The van der Waals surface area contributed by atoms with Crippen LogP contribution in [0.3, 0.4) is 0 Å². The average Bonchev–Trinajstić information content (AvgIpc) is 2.53. The second-order valence-electron chi connectivity index (χ2n) is 5.44. The lowest BCUT2D eigenvalue weighted by atomic mass is 9.94. The second-order valence-corrected chi connectivity index (χ2v) is 5.44. The van der Waals surface area contributed by atoms with Gasteiger partial charge in [-0.3, -0.25) is 4.90 Å². The molecular weight excluding hydrogens is 259 g/mol. The van der Waals surface area contributed by atoms with E-state index < -0.39 is 0 Å². The smallest absolute Gasteiger partial charge is 0.0570 e. The minimum atomic E-state index is -0.0135. The van der Waals surface area contributed by atoms with Crippen LogP contribution >= 0.6 is 24.8 Å². The first-order valence-electron chi connectivity index (χ1n) is 6.51. The standard InChI is InChI=1S/C12H22N2O.2ClH/c15-12-7-10-1-2-11(8-12)14(10)9-3-5-13-6-4-9;;/h9-13,15H,1-8H2;2*1H. The van der Waals surface area contributed by atoms with E-state index in [-0.39, 0.29) is 30.9 Å². The van der Waals surface area contributed by atoms with E-state index in [0.29, 0.717) is 12.1 Å². The number of aliphatic hydroxyl groups is 1. The Morgan fingerprint density at radius 2 is 1.35 bits per heavy atom. The van der Waals surface area contributed by atoms with Crippen LogP contribution in [0.25, 0.3) is 0 Å². The quantitative estimate of drug-likeness (QED) is 0.767. The summed E-state index contributed by atoms with van der Waals surface area (Å²) in [6, 6.07) is 2.19. The summed E-state index contributed by atoms with van der Waals surface area (Å²) in [6.45, 7) is 2.37. The Labute approximate surface area is 116 Å². The molecule has 0 aromatic carbocycles. The fourth-order valence-electron chi connectivity index (χ4n) is 3.89. The van der Waals surface area contributed by atoms with Crippen LogP contribution in [0.4, 0.5) is 0 Å². The van der Waals surface area contributed by atoms with Gasteiger partial charge in [-0.2, -0.15) is 0 Å². The van der Waals surface area contributed by atoms with E-state index in [1.165, 1.54) is 38.8 Å². The number of fused-ring (bicyclic) bond motifs is 2. The molecule has 2 atom stereocenters. The number of hydrogen-bond donors (Lipinski definition) is 2. The molecule has 3 aliphatic rings. The normalized spacial score (nSPS) is 38.3. The average molecular weight is 283 g/mol. The number of aliphatic hydroxyl groups excluding tert-OH is 1. The van der Waals surface area contributed by atoms with Crippen LogP contribution in [-0.4, -0.2) is 47.3 Å². The molecule has 3 rings (SSSR count). The van der Waals surface area contributed by atoms with Crippen LogP contribution in [0.2, 0.25) is 0 Å². The molecule has 3 heterocycles. The summed E-state index contributed by atoms with van der Waals surface area (Å²) in [5, 5.41) is 13.2. The molecule has 0 saturated carbocycles. The summed E-state index contributed by atoms with van der Waals surface area (Å²) in [4.78, 5) is 2.76. The van der Waals surface area contributed by atoms with E-state index in [9.17, 15) is 5.11 Å². The fourth-order valence-corrected chi connectivity index (χ4v) is 3.89. The predicted molar refractivity (Wildman–Crippen MR) is 74.3 cm³/mol. The summed E-state index contributed by atoms with van der Waals surface area (Å²) >= 11 is 0. The molecule has 2 bridgehead atoms. The van der Waals surface area contributed by atoms with Gasteiger partial charge in [0.15, 0.2) is 0 Å². The molecule has 3 saturated heterocycles. The molecule has 2 unspecified atom stereocenters. The van der Waals surface area contributed by atoms with Crippen LogP contribution in [0.5, 0.6) is 0 Å². The zero-order valence-corrected chi connectivity index (χ0v) is 11.8. The van der Waals surface area contributed by atoms with Crippen LogP contribution in [0, 0.1) is 0 Å². The molecule has 0 amide bonds. The number of nitrogens with one attached hydrogen (secondary N) is 1. The van der Waals surface area contributed by atoms with Gasteiger partial charge in [-0.05, 0) is 51.6 Å². The van der Waals surface area contributed by atoms with Crippen LogP contribution in [0.1, 0.15) is 38.5 Å². The third kappa shape index (κ3) is 3.07. The van der Waals surface area contributed by atoms with Gasteiger partial charge in [-0.1, -0.05) is 0 Å². The van der Waals surface area contributed by atoms with E-state index in [1.54, 1.807) is 0 Å². The summed E-state index contributed by atoms with van der Waals surface area (Å²) < 4.78 is 0. The van der Waals surface area contributed by atoms with Gasteiger partial charge < -0.3 is 10.4 Å². The van der Waals surface area contributed by atoms with Gasteiger partial charge in [0.2, 0.25) is 0 Å². The Balaban J connectivity index is 0.000000722. The predicted octanol–water partition coefficient (Wildman–Crippen LogP) is 1.57. The summed E-state index contributed by atoms with van der Waals surface area (Å²) in [7, 11) is 0. The van der Waals surface area contributed by atoms with Crippen molar-refractivity contribution in [1.29, 1.82) is 0 Å². The maximum Gasteiger partial charge on any atom is 0.0570 e. The first kappa shape index (κ1) is 15.5. The molecular formula is C12H24Cl2N2O. The summed E-state index contributed by atoms with van der Waals surface area (Å²) in [5.41, 5.74) is 0. The van der Waals surface area contributed by atoms with Crippen LogP contribution < -0.4 is 5.32 Å². The van der Waals surface area contributed by atoms with Crippen molar-refractivity contribution < 1.29 is 5.11 Å². The Morgan fingerprint density at radius 1 is 0.824 bits per heavy atom. The van der Waals surface area contributed by atoms with Crippen molar-refractivity contribution in [2.45, 2.75) is 62.8 Å². The van der Waals surface area contributed by atoms with E-state index in [1.807, 2.05) is 0 Å². The summed E-state index contributed by atoms with van der Waals surface area (Å²) in [5.74, 6) is 0. The molecule has 102 valence electrons. The van der Waals surface area contributed by atoms with Gasteiger partial charge in [-0.25, -0.2) is 0 Å². The highest BCUT2D eigenvalue weighted by Gasteiger charge is 2.43. The molecule has 0 aromatic rings. The zero-order chi connectivity index (χ0) is 10.3. The largest absolute Gasteiger partial charge is 0.393 e. The molecule has 0 aromatic heterocycles. The van der Waals surface area contributed by atoms with Crippen LogP contribution in [-0.2, 0) is 0 Å². The number of halogens is 2. The minimum Gasteiger partial charge on any atom is -0.393 e. The van der Waals surface area contributed by atoms with Crippen molar-refractivity contribution in [3.05, 3.63) is 0 Å². The Morgan fingerprint density at radius 3 is 1.88 bits per heavy atom. The maximum atomic E-state index is 9.77. The first-order valence-corrected chi connectivity index (χ1v) is 6.51. The molecule has 0 aliphatic carbocycles. The van der Waals surface area contributed by atoms with Crippen molar-refractivity contribution in [3.8, 4) is 0 Å². The Kier molecular flexibility index (Phi) is 6.00. The highest BCUT2D eigenvalue weighted by Crippen LogP contribution is 2.38. The monoisotopic (exact) mass is 282 g/mol. The van der Waals surface area contributed by atoms with Gasteiger partial charge in [0, 0.05) is 18.1 Å². The van der Waals surface area contributed by atoms with Gasteiger partial charge in [0.1, 0.15) is 0 Å². The van der Waals surface area contributed by atoms with E-state index >= 15 is 0 Å². The van der Waals surface area contributed by atoms with Gasteiger partial charge in [0.25, 0.3) is 0 Å². The third-order valence-electron chi connectivity index (χ3n) is 4.50. The van der Waals surface area contributed by atoms with Crippen molar-refractivity contribution in [2.24, 2.45) is 0 Å².